The molecule has 1 aliphatic rings. The van der Waals surface area contributed by atoms with Gasteiger partial charge in [0, 0.05) is 42.8 Å². The van der Waals surface area contributed by atoms with Crippen molar-refractivity contribution in [2.45, 2.75) is 4.90 Å². The second kappa shape index (κ2) is 8.58. The molecule has 31 heavy (non-hydrogen) atoms. The first kappa shape index (κ1) is 21.2. The van der Waals surface area contributed by atoms with E-state index in [0.29, 0.717) is 29.6 Å². The Kier molecular flexibility index (Phi) is 5.86. The highest BCUT2D eigenvalue weighted by Gasteiger charge is 2.33. The van der Waals surface area contributed by atoms with Crippen LogP contribution in [0.3, 0.4) is 0 Å². The summed E-state index contributed by atoms with van der Waals surface area (Å²) in [6.07, 6.45) is 0. The van der Waals surface area contributed by atoms with E-state index in [2.05, 4.69) is 10.2 Å². The van der Waals surface area contributed by atoms with E-state index in [1.165, 1.54) is 28.6 Å². The maximum absolute atomic E-state index is 12.9. The van der Waals surface area contributed by atoms with E-state index < -0.39 is 20.6 Å². The van der Waals surface area contributed by atoms with Crippen molar-refractivity contribution in [3.05, 3.63) is 75.8 Å². The van der Waals surface area contributed by atoms with Crippen LogP contribution in [0.1, 0.15) is 0 Å². The maximum atomic E-state index is 12.9. The molecular formula is C20H18ClN5O4S. The molecule has 0 aliphatic carbocycles. The molecule has 0 bridgehead atoms. The largest absolute Gasteiger partial charge is 0.352 e. The Morgan fingerprint density at radius 1 is 0.903 bits per heavy atom. The highest BCUT2D eigenvalue weighted by atomic mass is 35.5. The summed E-state index contributed by atoms with van der Waals surface area (Å²) in [5.74, 6) is 0.639. The van der Waals surface area contributed by atoms with Gasteiger partial charge in [-0.1, -0.05) is 35.9 Å². The van der Waals surface area contributed by atoms with Crippen molar-refractivity contribution in [3.8, 4) is 11.3 Å². The smallest absolute Gasteiger partial charge is 0.289 e. The number of nitro benzene ring substituents is 1. The number of halogens is 1. The molecule has 1 aliphatic heterocycles. The number of hydrogen-bond donors (Lipinski definition) is 0. The number of rotatable bonds is 5. The van der Waals surface area contributed by atoms with Crippen molar-refractivity contribution in [1.29, 1.82) is 0 Å². The molecule has 0 radical (unpaired) electrons. The van der Waals surface area contributed by atoms with Crippen LogP contribution in [0.2, 0.25) is 5.02 Å². The van der Waals surface area contributed by atoms with E-state index in [4.69, 9.17) is 11.6 Å². The number of benzene rings is 2. The fourth-order valence-corrected chi connectivity index (χ4v) is 5.10. The number of nitro groups is 1. The van der Waals surface area contributed by atoms with Gasteiger partial charge in [-0.3, -0.25) is 10.1 Å². The Morgan fingerprint density at radius 2 is 1.58 bits per heavy atom. The first-order chi connectivity index (χ1) is 14.9. The molecule has 2 heterocycles. The highest BCUT2D eigenvalue weighted by molar-refractivity contribution is 7.89. The van der Waals surface area contributed by atoms with Gasteiger partial charge in [-0.15, -0.1) is 10.2 Å². The Bertz CT molecular complexity index is 1190. The number of piperazine rings is 1. The van der Waals surface area contributed by atoms with Crippen LogP contribution in [0, 0.1) is 10.1 Å². The van der Waals surface area contributed by atoms with Gasteiger partial charge in [0.1, 0.15) is 0 Å². The molecule has 3 aromatic rings. The van der Waals surface area contributed by atoms with E-state index in [-0.39, 0.29) is 18.0 Å². The molecule has 2 aromatic carbocycles. The van der Waals surface area contributed by atoms with E-state index in [0.717, 1.165) is 5.56 Å². The third kappa shape index (κ3) is 4.36. The summed E-state index contributed by atoms with van der Waals surface area (Å²) in [7, 11) is -3.97. The fraction of sp³-hybridized carbons (Fsp3) is 0.200. The molecule has 0 unspecified atom stereocenters. The Balaban J connectivity index is 1.46. The minimum Gasteiger partial charge on any atom is -0.352 e. The standard InChI is InChI=1S/C20H18ClN5O4S/c21-16-7-5-15(6-8-16)17-9-10-20(23-22-17)24-11-13-25(14-12-24)31(29,30)19-4-2-1-3-18(19)26(27)28/h1-10H,11-14H2. The van der Waals surface area contributed by atoms with Gasteiger partial charge in [-0.05, 0) is 30.3 Å². The zero-order chi connectivity index (χ0) is 22.0. The van der Waals surface area contributed by atoms with E-state index in [1.807, 2.05) is 29.2 Å². The molecule has 4 rings (SSSR count). The summed E-state index contributed by atoms with van der Waals surface area (Å²) in [4.78, 5) is 12.2. The number of nitrogens with zero attached hydrogens (tertiary/aromatic N) is 5. The van der Waals surface area contributed by atoms with E-state index in [1.54, 1.807) is 12.1 Å². The quantitative estimate of drug-likeness (QED) is 0.425. The van der Waals surface area contributed by atoms with Gasteiger partial charge in [-0.2, -0.15) is 4.31 Å². The Hall–Kier alpha value is -3.08. The summed E-state index contributed by atoms with van der Waals surface area (Å²) in [5.41, 5.74) is 1.18. The second-order valence-corrected chi connectivity index (χ2v) is 9.24. The summed E-state index contributed by atoms with van der Waals surface area (Å²) < 4.78 is 27.2. The van der Waals surface area contributed by atoms with Crippen LogP contribution < -0.4 is 4.90 Å². The number of hydrogen-bond acceptors (Lipinski definition) is 7. The van der Waals surface area contributed by atoms with Gasteiger partial charge in [0.15, 0.2) is 10.7 Å². The molecule has 0 saturated carbocycles. The van der Waals surface area contributed by atoms with Crippen LogP contribution in [0.15, 0.2) is 65.6 Å². The molecule has 9 nitrogen and oxygen atoms in total. The van der Waals surface area contributed by atoms with Gasteiger partial charge in [0.2, 0.25) is 10.0 Å². The minimum atomic E-state index is -3.97. The van der Waals surface area contributed by atoms with Crippen LogP contribution in [0.25, 0.3) is 11.3 Å². The lowest BCUT2D eigenvalue weighted by atomic mass is 10.1. The normalized spacial score (nSPS) is 15.1. The van der Waals surface area contributed by atoms with Crippen LogP contribution in [0.4, 0.5) is 11.5 Å². The maximum Gasteiger partial charge on any atom is 0.289 e. The lowest BCUT2D eigenvalue weighted by molar-refractivity contribution is -0.387. The van der Waals surface area contributed by atoms with Crippen molar-refractivity contribution in [1.82, 2.24) is 14.5 Å². The molecule has 0 atom stereocenters. The minimum absolute atomic E-state index is 0.189. The third-order valence-corrected chi connectivity index (χ3v) is 7.23. The monoisotopic (exact) mass is 459 g/mol. The third-order valence-electron chi connectivity index (χ3n) is 5.03. The van der Waals surface area contributed by atoms with Gasteiger partial charge in [0.25, 0.3) is 5.69 Å². The first-order valence-electron chi connectivity index (χ1n) is 9.44. The predicted octanol–water partition coefficient (Wildman–Crippen LogP) is 3.22. The molecular weight excluding hydrogens is 442 g/mol. The molecule has 0 amide bonds. The molecule has 0 spiro atoms. The SMILES string of the molecule is O=[N+]([O-])c1ccccc1S(=O)(=O)N1CCN(c2ccc(-c3ccc(Cl)cc3)nn2)CC1. The molecule has 1 saturated heterocycles. The molecule has 11 heteroatoms. The number of sulfonamides is 1. The van der Waals surface area contributed by atoms with Gasteiger partial charge >= 0.3 is 0 Å². The average Bonchev–Trinajstić information content (AvgIpc) is 2.80. The zero-order valence-electron chi connectivity index (χ0n) is 16.3. The van der Waals surface area contributed by atoms with Gasteiger partial charge in [0.05, 0.1) is 10.6 Å². The topological polar surface area (TPSA) is 110 Å². The Labute approximate surface area is 184 Å². The van der Waals surface area contributed by atoms with E-state index >= 15 is 0 Å². The summed E-state index contributed by atoms with van der Waals surface area (Å²) in [6.45, 7) is 1.17. The number of aromatic nitrogens is 2. The van der Waals surface area contributed by atoms with Gasteiger partial charge < -0.3 is 4.90 Å². The molecule has 160 valence electrons. The average molecular weight is 460 g/mol. The van der Waals surface area contributed by atoms with Crippen LogP contribution in [-0.4, -0.2) is 54.0 Å². The van der Waals surface area contributed by atoms with Crippen molar-refractivity contribution in [2.75, 3.05) is 31.1 Å². The first-order valence-corrected chi connectivity index (χ1v) is 11.3. The van der Waals surface area contributed by atoms with Crippen molar-refractivity contribution in [3.63, 3.8) is 0 Å². The zero-order valence-corrected chi connectivity index (χ0v) is 17.8. The lowest BCUT2D eigenvalue weighted by Crippen LogP contribution is -2.49. The predicted molar refractivity (Wildman–Crippen MR) is 117 cm³/mol. The highest BCUT2D eigenvalue weighted by Crippen LogP contribution is 2.28. The fourth-order valence-electron chi connectivity index (χ4n) is 3.39. The van der Waals surface area contributed by atoms with Crippen LogP contribution in [-0.2, 0) is 10.0 Å². The number of para-hydroxylation sites is 1. The lowest BCUT2D eigenvalue weighted by Gasteiger charge is -2.34. The van der Waals surface area contributed by atoms with Crippen LogP contribution in [0.5, 0.6) is 0 Å². The Morgan fingerprint density at radius 3 is 2.19 bits per heavy atom. The summed E-state index contributed by atoms with van der Waals surface area (Å²) in [6, 6.07) is 16.4. The van der Waals surface area contributed by atoms with E-state index in [9.17, 15) is 18.5 Å². The molecule has 1 aromatic heterocycles. The second-order valence-electron chi connectivity index (χ2n) is 6.90. The van der Waals surface area contributed by atoms with Crippen LogP contribution >= 0.6 is 11.6 Å². The molecule has 1 fully saturated rings. The molecule has 0 N–H and O–H groups in total. The van der Waals surface area contributed by atoms with Crippen molar-refractivity contribution < 1.29 is 13.3 Å². The van der Waals surface area contributed by atoms with Crippen molar-refractivity contribution >= 4 is 33.1 Å². The summed E-state index contributed by atoms with van der Waals surface area (Å²) in [5, 5.41) is 20.4. The van der Waals surface area contributed by atoms with Gasteiger partial charge in [-0.25, -0.2) is 8.42 Å². The van der Waals surface area contributed by atoms with Crippen molar-refractivity contribution in [2.24, 2.45) is 0 Å². The number of anilines is 1. The summed E-state index contributed by atoms with van der Waals surface area (Å²) >= 11 is 5.91.